The number of likely N-dealkylation sites (tertiary alicyclic amines) is 1. The molecule has 2 saturated heterocycles. The van der Waals surface area contributed by atoms with Crippen molar-refractivity contribution in [3.63, 3.8) is 0 Å². The van der Waals surface area contributed by atoms with Crippen molar-refractivity contribution in [1.82, 2.24) is 24.3 Å². The normalized spacial score (nSPS) is 17.8. The molecule has 0 atom stereocenters. The van der Waals surface area contributed by atoms with Gasteiger partial charge in [-0.25, -0.2) is 9.97 Å². The molecule has 0 unspecified atom stereocenters. The second-order valence-electron chi connectivity index (χ2n) is 8.37. The monoisotopic (exact) mass is 452 g/mol. The van der Waals surface area contributed by atoms with E-state index in [0.29, 0.717) is 26.2 Å². The number of fused-ring (bicyclic) bond motifs is 1. The summed E-state index contributed by atoms with van der Waals surface area (Å²) >= 11 is 1.67. The highest BCUT2D eigenvalue weighted by Gasteiger charge is 2.33. The Morgan fingerprint density at radius 2 is 1.75 bits per heavy atom. The summed E-state index contributed by atoms with van der Waals surface area (Å²) in [5.41, 5.74) is 1.89. The van der Waals surface area contributed by atoms with Gasteiger partial charge in [0.25, 0.3) is 5.91 Å². The van der Waals surface area contributed by atoms with E-state index in [1.54, 1.807) is 23.7 Å². The molecule has 9 heteroatoms. The van der Waals surface area contributed by atoms with Gasteiger partial charge >= 0.3 is 0 Å². The van der Waals surface area contributed by atoms with E-state index in [0.717, 1.165) is 54.3 Å². The Bertz CT molecular complexity index is 1090. The van der Waals surface area contributed by atoms with Crippen molar-refractivity contribution in [3.8, 4) is 0 Å². The van der Waals surface area contributed by atoms with E-state index in [-0.39, 0.29) is 17.7 Å². The van der Waals surface area contributed by atoms with E-state index in [2.05, 4.69) is 37.8 Å². The molecule has 2 amide bonds. The van der Waals surface area contributed by atoms with Crippen molar-refractivity contribution in [2.24, 2.45) is 5.92 Å². The van der Waals surface area contributed by atoms with E-state index in [4.69, 9.17) is 0 Å². The zero-order valence-corrected chi connectivity index (χ0v) is 19.1. The summed E-state index contributed by atoms with van der Waals surface area (Å²) in [5.74, 6) is 1.03. The maximum Gasteiger partial charge on any atom is 0.270 e. The van der Waals surface area contributed by atoms with Crippen LogP contribution in [0.3, 0.4) is 0 Å². The Balaban J connectivity index is 1.16. The fourth-order valence-corrected chi connectivity index (χ4v) is 5.65. The van der Waals surface area contributed by atoms with Gasteiger partial charge in [-0.15, -0.1) is 11.3 Å². The van der Waals surface area contributed by atoms with E-state index in [1.807, 2.05) is 21.9 Å². The summed E-state index contributed by atoms with van der Waals surface area (Å²) in [5, 5.41) is 2.06. The summed E-state index contributed by atoms with van der Waals surface area (Å²) in [7, 11) is 0. The van der Waals surface area contributed by atoms with Crippen LogP contribution in [0.1, 0.15) is 30.3 Å². The van der Waals surface area contributed by atoms with Crippen molar-refractivity contribution < 1.29 is 9.59 Å². The van der Waals surface area contributed by atoms with Crippen LogP contribution < -0.4 is 4.90 Å². The highest BCUT2D eigenvalue weighted by atomic mass is 32.1. The maximum atomic E-state index is 13.2. The predicted octanol–water partition coefficient (Wildman–Crippen LogP) is 2.71. The van der Waals surface area contributed by atoms with Crippen LogP contribution in [0.4, 0.5) is 5.95 Å². The van der Waals surface area contributed by atoms with Crippen molar-refractivity contribution >= 4 is 39.3 Å². The molecule has 8 nitrogen and oxygen atoms in total. The van der Waals surface area contributed by atoms with E-state index in [9.17, 15) is 9.59 Å². The van der Waals surface area contributed by atoms with E-state index < -0.39 is 0 Å². The Labute approximate surface area is 191 Å². The Hall–Kier alpha value is -2.94. The number of aryl methyl sites for hydroxylation is 1. The lowest BCUT2D eigenvalue weighted by molar-refractivity contribution is -0.137. The van der Waals surface area contributed by atoms with Gasteiger partial charge in [-0.3, -0.25) is 9.59 Å². The van der Waals surface area contributed by atoms with Crippen LogP contribution in [0, 0.1) is 5.92 Å². The SMILES string of the molecule is CCn1c(C(=O)N2CCC(C(=O)N3CCN(c4ncccn4)CC3)CC2)cc2sccc21. The van der Waals surface area contributed by atoms with Gasteiger partial charge in [0.15, 0.2) is 0 Å². The fourth-order valence-electron chi connectivity index (χ4n) is 4.83. The van der Waals surface area contributed by atoms with Gasteiger partial charge in [0, 0.05) is 64.1 Å². The number of amides is 2. The number of aromatic nitrogens is 3. The van der Waals surface area contributed by atoms with Crippen molar-refractivity contribution in [2.75, 3.05) is 44.2 Å². The molecule has 0 bridgehead atoms. The Morgan fingerprint density at radius 1 is 1.03 bits per heavy atom. The molecule has 0 aromatic carbocycles. The van der Waals surface area contributed by atoms with Gasteiger partial charge in [0.05, 0.1) is 10.2 Å². The third kappa shape index (κ3) is 3.85. The number of hydrogen-bond acceptors (Lipinski definition) is 6. The number of piperazine rings is 1. The second kappa shape index (κ2) is 8.90. The number of thiophene rings is 1. The molecule has 32 heavy (non-hydrogen) atoms. The largest absolute Gasteiger partial charge is 0.339 e. The van der Waals surface area contributed by atoms with Gasteiger partial charge in [-0.05, 0) is 43.3 Å². The summed E-state index contributed by atoms with van der Waals surface area (Å²) in [6.45, 7) is 6.99. The minimum atomic E-state index is 0.0000283. The van der Waals surface area contributed by atoms with Gasteiger partial charge in [0.2, 0.25) is 11.9 Å². The van der Waals surface area contributed by atoms with E-state index >= 15 is 0 Å². The average molecular weight is 453 g/mol. The van der Waals surface area contributed by atoms with Crippen LogP contribution in [0.5, 0.6) is 0 Å². The summed E-state index contributed by atoms with van der Waals surface area (Å²) in [4.78, 5) is 40.9. The molecule has 2 aliphatic heterocycles. The molecule has 0 aliphatic carbocycles. The van der Waals surface area contributed by atoms with Gasteiger partial charge in [0.1, 0.15) is 5.69 Å². The number of carbonyl (C=O) groups is 2. The standard InChI is InChI=1S/C23H28N6O2S/c1-2-29-18-6-15-32-20(18)16-19(29)22(31)26-9-4-17(5-10-26)21(30)27-11-13-28(14-12-27)23-24-7-3-8-25-23/h3,6-8,15-17H,2,4-5,9-14H2,1H3. The lowest BCUT2D eigenvalue weighted by atomic mass is 9.94. The second-order valence-corrected chi connectivity index (χ2v) is 9.32. The molecular formula is C23H28N6O2S. The fraction of sp³-hybridized carbons (Fsp3) is 0.478. The molecule has 5 rings (SSSR count). The first kappa shape index (κ1) is 20.9. The molecule has 3 aromatic heterocycles. The van der Waals surface area contributed by atoms with Gasteiger partial charge < -0.3 is 19.3 Å². The lowest BCUT2D eigenvalue weighted by Crippen LogP contribution is -2.52. The topological polar surface area (TPSA) is 74.6 Å². The Morgan fingerprint density at radius 3 is 2.44 bits per heavy atom. The molecular weight excluding hydrogens is 424 g/mol. The summed E-state index contributed by atoms with van der Waals surface area (Å²) in [6.07, 6.45) is 4.95. The summed E-state index contributed by atoms with van der Waals surface area (Å²) in [6, 6.07) is 5.90. The van der Waals surface area contributed by atoms with Crippen LogP contribution in [0.2, 0.25) is 0 Å². The first-order valence-corrected chi connectivity index (χ1v) is 12.2. The smallest absolute Gasteiger partial charge is 0.270 e. The minimum absolute atomic E-state index is 0.0000283. The third-order valence-corrected chi connectivity index (χ3v) is 7.47. The highest BCUT2D eigenvalue weighted by Crippen LogP contribution is 2.28. The molecule has 0 N–H and O–H groups in total. The molecule has 2 fully saturated rings. The van der Waals surface area contributed by atoms with Crippen molar-refractivity contribution in [3.05, 3.63) is 41.7 Å². The first-order valence-electron chi connectivity index (χ1n) is 11.3. The molecule has 5 heterocycles. The minimum Gasteiger partial charge on any atom is -0.339 e. The molecule has 3 aromatic rings. The number of piperidine rings is 1. The van der Waals surface area contributed by atoms with Crippen LogP contribution >= 0.6 is 11.3 Å². The number of hydrogen-bond donors (Lipinski definition) is 0. The van der Waals surface area contributed by atoms with Crippen LogP contribution in [0.25, 0.3) is 10.2 Å². The average Bonchev–Trinajstić information content (AvgIpc) is 3.45. The number of nitrogens with zero attached hydrogens (tertiary/aromatic N) is 6. The number of carbonyl (C=O) groups excluding carboxylic acids is 2. The molecule has 0 spiro atoms. The third-order valence-electron chi connectivity index (χ3n) is 6.62. The van der Waals surface area contributed by atoms with Gasteiger partial charge in [-0.1, -0.05) is 0 Å². The zero-order chi connectivity index (χ0) is 22.1. The summed E-state index contributed by atoms with van der Waals surface area (Å²) < 4.78 is 3.25. The van der Waals surface area contributed by atoms with Crippen molar-refractivity contribution in [1.29, 1.82) is 0 Å². The van der Waals surface area contributed by atoms with Crippen molar-refractivity contribution in [2.45, 2.75) is 26.3 Å². The number of anilines is 1. The van der Waals surface area contributed by atoms with Crippen LogP contribution in [-0.2, 0) is 11.3 Å². The molecule has 0 saturated carbocycles. The first-order chi connectivity index (χ1) is 15.7. The van der Waals surface area contributed by atoms with E-state index in [1.165, 1.54) is 0 Å². The van der Waals surface area contributed by atoms with Crippen LogP contribution in [-0.4, -0.2) is 75.4 Å². The molecule has 168 valence electrons. The quantitative estimate of drug-likeness (QED) is 0.609. The molecule has 2 aliphatic rings. The Kier molecular flexibility index (Phi) is 5.82. The molecule has 0 radical (unpaired) electrons. The predicted molar refractivity (Wildman–Crippen MR) is 125 cm³/mol. The van der Waals surface area contributed by atoms with Crippen LogP contribution in [0.15, 0.2) is 36.0 Å². The van der Waals surface area contributed by atoms with Gasteiger partial charge in [-0.2, -0.15) is 0 Å². The zero-order valence-electron chi connectivity index (χ0n) is 18.3. The number of rotatable bonds is 4. The maximum absolute atomic E-state index is 13.2. The highest BCUT2D eigenvalue weighted by molar-refractivity contribution is 7.17. The lowest BCUT2D eigenvalue weighted by Gasteiger charge is -2.38.